The maximum atomic E-state index is 5.71. The zero-order valence-corrected chi connectivity index (χ0v) is 10.9. The number of nitrogens with one attached hydrogen (secondary N) is 1. The van der Waals surface area contributed by atoms with Crippen LogP contribution in [-0.2, 0) is 6.54 Å². The first-order valence-electron chi connectivity index (χ1n) is 6.66. The highest BCUT2D eigenvalue weighted by Gasteiger charge is 2.21. The summed E-state index contributed by atoms with van der Waals surface area (Å²) in [5.74, 6) is 2.53. The molecule has 0 bridgehead atoms. The van der Waals surface area contributed by atoms with Crippen molar-refractivity contribution in [3.05, 3.63) is 29.8 Å². The predicted molar refractivity (Wildman–Crippen MR) is 71.2 cm³/mol. The van der Waals surface area contributed by atoms with Crippen molar-refractivity contribution in [1.82, 2.24) is 5.32 Å². The van der Waals surface area contributed by atoms with Gasteiger partial charge in [0.1, 0.15) is 5.75 Å². The van der Waals surface area contributed by atoms with Gasteiger partial charge in [0.25, 0.3) is 0 Å². The SMILES string of the molecule is CC(C)CNCc1ccc(OCC2CC2)cc1. The monoisotopic (exact) mass is 233 g/mol. The molecule has 17 heavy (non-hydrogen) atoms. The molecule has 0 atom stereocenters. The zero-order valence-electron chi connectivity index (χ0n) is 10.9. The molecule has 1 aliphatic rings. The van der Waals surface area contributed by atoms with Gasteiger partial charge in [-0.1, -0.05) is 26.0 Å². The van der Waals surface area contributed by atoms with Crippen LogP contribution >= 0.6 is 0 Å². The van der Waals surface area contributed by atoms with Crippen LogP contribution in [0.2, 0.25) is 0 Å². The van der Waals surface area contributed by atoms with Gasteiger partial charge in [-0.05, 0) is 48.9 Å². The Labute approximate surface area is 104 Å². The van der Waals surface area contributed by atoms with Gasteiger partial charge in [-0.3, -0.25) is 0 Å². The molecule has 0 heterocycles. The van der Waals surface area contributed by atoms with E-state index in [1.165, 1.54) is 18.4 Å². The van der Waals surface area contributed by atoms with Crippen molar-refractivity contribution >= 4 is 0 Å². The van der Waals surface area contributed by atoms with Gasteiger partial charge in [0.05, 0.1) is 6.61 Å². The normalized spacial score (nSPS) is 15.2. The van der Waals surface area contributed by atoms with E-state index in [0.717, 1.165) is 31.4 Å². The average Bonchev–Trinajstić information content (AvgIpc) is 3.11. The number of hydrogen-bond donors (Lipinski definition) is 1. The fraction of sp³-hybridized carbons (Fsp3) is 0.600. The Kier molecular flexibility index (Phi) is 4.43. The quantitative estimate of drug-likeness (QED) is 0.780. The minimum Gasteiger partial charge on any atom is -0.493 e. The molecule has 1 fully saturated rings. The Morgan fingerprint density at radius 2 is 1.94 bits per heavy atom. The molecule has 2 nitrogen and oxygen atoms in total. The molecule has 0 aliphatic heterocycles. The first-order valence-corrected chi connectivity index (χ1v) is 6.66. The van der Waals surface area contributed by atoms with Crippen LogP contribution in [0.3, 0.4) is 0 Å². The molecule has 0 amide bonds. The number of rotatable bonds is 7. The lowest BCUT2D eigenvalue weighted by molar-refractivity contribution is 0.299. The molecular formula is C15H23NO. The lowest BCUT2D eigenvalue weighted by Crippen LogP contribution is -2.18. The molecular weight excluding hydrogens is 210 g/mol. The second kappa shape index (κ2) is 6.06. The maximum Gasteiger partial charge on any atom is 0.119 e. The fourth-order valence-corrected chi connectivity index (χ4v) is 1.71. The Hall–Kier alpha value is -1.02. The second-order valence-electron chi connectivity index (χ2n) is 5.42. The molecule has 2 heteroatoms. The summed E-state index contributed by atoms with van der Waals surface area (Å²) in [7, 11) is 0. The van der Waals surface area contributed by atoms with E-state index in [2.05, 4.69) is 43.4 Å². The summed E-state index contributed by atoms with van der Waals surface area (Å²) < 4.78 is 5.71. The van der Waals surface area contributed by atoms with Crippen LogP contribution < -0.4 is 10.1 Å². The van der Waals surface area contributed by atoms with E-state index in [1.807, 2.05) is 0 Å². The van der Waals surface area contributed by atoms with Crippen molar-refractivity contribution in [3.8, 4) is 5.75 Å². The minimum absolute atomic E-state index is 0.705. The predicted octanol–water partition coefficient (Wildman–Crippen LogP) is 3.22. The second-order valence-corrected chi connectivity index (χ2v) is 5.42. The smallest absolute Gasteiger partial charge is 0.119 e. The molecule has 1 aliphatic carbocycles. The van der Waals surface area contributed by atoms with E-state index in [4.69, 9.17) is 4.74 Å². The third kappa shape index (κ3) is 4.78. The van der Waals surface area contributed by atoms with Gasteiger partial charge in [-0.15, -0.1) is 0 Å². The number of ether oxygens (including phenoxy) is 1. The molecule has 0 unspecified atom stereocenters. The van der Waals surface area contributed by atoms with Crippen molar-refractivity contribution in [3.63, 3.8) is 0 Å². The molecule has 0 aromatic heterocycles. The van der Waals surface area contributed by atoms with Crippen LogP contribution in [0.5, 0.6) is 5.75 Å². The summed E-state index contributed by atoms with van der Waals surface area (Å²) in [5, 5.41) is 3.44. The summed E-state index contributed by atoms with van der Waals surface area (Å²) in [6, 6.07) is 8.45. The zero-order chi connectivity index (χ0) is 12.1. The molecule has 1 N–H and O–H groups in total. The van der Waals surface area contributed by atoms with Gasteiger partial charge >= 0.3 is 0 Å². The molecule has 0 radical (unpaired) electrons. The van der Waals surface area contributed by atoms with Crippen molar-refractivity contribution in [1.29, 1.82) is 0 Å². The highest BCUT2D eigenvalue weighted by atomic mass is 16.5. The first-order chi connectivity index (χ1) is 8.24. The van der Waals surface area contributed by atoms with Gasteiger partial charge < -0.3 is 10.1 Å². The summed E-state index contributed by atoms with van der Waals surface area (Å²) >= 11 is 0. The van der Waals surface area contributed by atoms with Gasteiger partial charge in [0.15, 0.2) is 0 Å². The van der Waals surface area contributed by atoms with Crippen molar-refractivity contribution in [2.24, 2.45) is 11.8 Å². The topological polar surface area (TPSA) is 21.3 Å². The molecule has 94 valence electrons. The molecule has 0 saturated heterocycles. The van der Waals surface area contributed by atoms with E-state index in [9.17, 15) is 0 Å². The van der Waals surface area contributed by atoms with Crippen LogP contribution in [0.1, 0.15) is 32.3 Å². The molecule has 1 aromatic carbocycles. The van der Waals surface area contributed by atoms with Crippen molar-refractivity contribution in [2.75, 3.05) is 13.2 Å². The Morgan fingerprint density at radius 3 is 2.53 bits per heavy atom. The standard InChI is InChI=1S/C15H23NO/c1-12(2)9-16-10-13-5-7-15(8-6-13)17-11-14-3-4-14/h5-8,12,14,16H,3-4,9-11H2,1-2H3. The van der Waals surface area contributed by atoms with Crippen molar-refractivity contribution < 1.29 is 4.74 Å². The molecule has 1 saturated carbocycles. The van der Waals surface area contributed by atoms with Crippen LogP contribution in [0, 0.1) is 11.8 Å². The van der Waals surface area contributed by atoms with E-state index in [0.29, 0.717) is 5.92 Å². The van der Waals surface area contributed by atoms with Gasteiger partial charge in [0, 0.05) is 6.54 Å². The number of benzene rings is 1. The average molecular weight is 233 g/mol. The van der Waals surface area contributed by atoms with E-state index >= 15 is 0 Å². The summed E-state index contributed by atoms with van der Waals surface area (Å²) in [6.07, 6.45) is 2.69. The fourth-order valence-electron chi connectivity index (χ4n) is 1.71. The summed E-state index contributed by atoms with van der Waals surface area (Å²) in [5.41, 5.74) is 1.32. The van der Waals surface area contributed by atoms with Gasteiger partial charge in [0.2, 0.25) is 0 Å². The molecule has 1 aromatic rings. The Bertz CT molecular complexity index is 327. The van der Waals surface area contributed by atoms with Gasteiger partial charge in [-0.25, -0.2) is 0 Å². The largest absolute Gasteiger partial charge is 0.493 e. The minimum atomic E-state index is 0.705. The molecule has 2 rings (SSSR count). The highest BCUT2D eigenvalue weighted by Crippen LogP contribution is 2.29. The van der Waals surface area contributed by atoms with Crippen molar-refractivity contribution in [2.45, 2.75) is 33.2 Å². The lowest BCUT2D eigenvalue weighted by Gasteiger charge is -2.09. The van der Waals surface area contributed by atoms with Crippen LogP contribution in [0.15, 0.2) is 24.3 Å². The maximum absolute atomic E-state index is 5.71. The number of hydrogen-bond acceptors (Lipinski definition) is 2. The molecule has 0 spiro atoms. The van der Waals surface area contributed by atoms with Crippen LogP contribution in [-0.4, -0.2) is 13.2 Å². The van der Waals surface area contributed by atoms with Crippen LogP contribution in [0.4, 0.5) is 0 Å². The van der Waals surface area contributed by atoms with E-state index in [1.54, 1.807) is 0 Å². The highest BCUT2D eigenvalue weighted by molar-refractivity contribution is 5.27. The van der Waals surface area contributed by atoms with E-state index in [-0.39, 0.29) is 0 Å². The first kappa shape index (κ1) is 12.4. The van der Waals surface area contributed by atoms with Gasteiger partial charge in [-0.2, -0.15) is 0 Å². The Balaban J connectivity index is 1.72. The Morgan fingerprint density at radius 1 is 1.24 bits per heavy atom. The third-order valence-corrected chi connectivity index (χ3v) is 2.99. The summed E-state index contributed by atoms with van der Waals surface area (Å²) in [6.45, 7) is 7.36. The third-order valence-electron chi connectivity index (χ3n) is 2.99. The van der Waals surface area contributed by atoms with Crippen LogP contribution in [0.25, 0.3) is 0 Å². The summed E-state index contributed by atoms with van der Waals surface area (Å²) in [4.78, 5) is 0. The van der Waals surface area contributed by atoms with E-state index < -0.39 is 0 Å². The lowest BCUT2D eigenvalue weighted by atomic mass is 10.2.